The smallest absolute Gasteiger partial charge is 0.169 e. The summed E-state index contributed by atoms with van der Waals surface area (Å²) in [5.41, 5.74) is 0.393. The van der Waals surface area contributed by atoms with Crippen LogP contribution in [0.1, 0.15) is 18.6 Å². The van der Waals surface area contributed by atoms with Crippen molar-refractivity contribution < 1.29 is 13.5 Å². The van der Waals surface area contributed by atoms with Crippen LogP contribution < -0.4 is 0 Å². The summed E-state index contributed by atoms with van der Waals surface area (Å²) in [6.45, 7) is 1.48. The lowest BCUT2D eigenvalue weighted by molar-refractivity contribution is 0.191. The van der Waals surface area contributed by atoms with Crippen molar-refractivity contribution in [1.82, 2.24) is 0 Å². The number of rotatable bonds is 4. The number of aliphatic hydroxyl groups excluding tert-OH is 1. The molecule has 0 amide bonds. The average molecular weight is 283 g/mol. The van der Waals surface area contributed by atoms with Gasteiger partial charge in [-0.1, -0.05) is 30.7 Å². The van der Waals surface area contributed by atoms with Gasteiger partial charge in [-0.25, -0.2) is 8.42 Å². The molecule has 0 aromatic heterocycles. The zero-order valence-electron chi connectivity index (χ0n) is 8.60. The van der Waals surface area contributed by atoms with E-state index in [2.05, 4.69) is 0 Å². The maximum Gasteiger partial charge on any atom is 0.169 e. The maximum atomic E-state index is 11.5. The Bertz CT molecular complexity index is 459. The monoisotopic (exact) mass is 282 g/mol. The Kier molecular flexibility index (Phi) is 4.62. The largest absolute Gasteiger partial charge is 0.386 e. The topological polar surface area (TPSA) is 54.4 Å². The minimum absolute atomic E-state index is 0.112. The van der Waals surface area contributed by atoms with E-state index in [-0.39, 0.29) is 5.75 Å². The second-order valence-electron chi connectivity index (χ2n) is 3.30. The van der Waals surface area contributed by atoms with E-state index < -0.39 is 20.7 Å². The van der Waals surface area contributed by atoms with E-state index in [1.54, 1.807) is 18.2 Å². The molecular weight excluding hydrogens is 271 g/mol. The molecule has 1 rings (SSSR count). The fourth-order valence-electron chi connectivity index (χ4n) is 1.20. The van der Waals surface area contributed by atoms with Gasteiger partial charge in [0.15, 0.2) is 14.5 Å². The Hall–Kier alpha value is -0.290. The van der Waals surface area contributed by atoms with E-state index in [0.717, 1.165) is 0 Å². The number of sulfone groups is 1. The van der Waals surface area contributed by atoms with E-state index in [4.69, 9.17) is 23.2 Å². The number of hydrogen-bond acceptors (Lipinski definition) is 3. The highest BCUT2D eigenvalue weighted by atomic mass is 35.5. The zero-order valence-corrected chi connectivity index (χ0v) is 10.9. The number of aliphatic hydroxyl groups is 1. The first-order chi connectivity index (χ1) is 7.38. The van der Waals surface area contributed by atoms with Crippen LogP contribution in [-0.2, 0) is 9.84 Å². The summed E-state index contributed by atoms with van der Waals surface area (Å²) < 4.78 is 21.6. The van der Waals surface area contributed by atoms with E-state index in [1.807, 2.05) is 0 Å². The molecule has 3 nitrogen and oxygen atoms in total. The third-order valence-electron chi connectivity index (χ3n) is 2.18. The highest BCUT2D eigenvalue weighted by molar-refractivity contribution is 7.93. The number of hydrogen-bond donors (Lipinski definition) is 1. The molecule has 2 atom stereocenters. The minimum Gasteiger partial charge on any atom is -0.386 e. The zero-order chi connectivity index (χ0) is 12.3. The summed E-state index contributed by atoms with van der Waals surface area (Å²) in [5.74, 6) is -0.112. The Labute approximate surface area is 105 Å². The lowest BCUT2D eigenvalue weighted by Crippen LogP contribution is -2.24. The van der Waals surface area contributed by atoms with Crippen LogP contribution in [0.2, 0.25) is 5.02 Å². The molecule has 0 radical (unpaired) electrons. The number of benzene rings is 1. The molecule has 0 aliphatic rings. The molecule has 0 bridgehead atoms. The van der Waals surface area contributed by atoms with Crippen LogP contribution >= 0.6 is 23.2 Å². The first-order valence-electron chi connectivity index (χ1n) is 4.67. The molecule has 1 N–H and O–H groups in total. The summed E-state index contributed by atoms with van der Waals surface area (Å²) in [7, 11) is -3.49. The first kappa shape index (κ1) is 13.8. The summed E-state index contributed by atoms with van der Waals surface area (Å²) in [6, 6.07) is 6.34. The molecule has 0 aliphatic heterocycles. The second-order valence-corrected chi connectivity index (χ2v) is 6.88. The van der Waals surface area contributed by atoms with Crippen LogP contribution in [0.5, 0.6) is 0 Å². The van der Waals surface area contributed by atoms with Crippen molar-refractivity contribution in [3.63, 3.8) is 0 Å². The second kappa shape index (κ2) is 5.36. The molecule has 0 aliphatic carbocycles. The lowest BCUT2D eigenvalue weighted by atomic mass is 10.1. The third-order valence-corrected chi connectivity index (χ3v) is 5.22. The van der Waals surface area contributed by atoms with Crippen LogP contribution in [0.25, 0.3) is 0 Å². The summed E-state index contributed by atoms with van der Waals surface area (Å²) >= 11 is 11.5. The molecule has 1 aromatic carbocycles. The molecule has 6 heteroatoms. The molecule has 0 fully saturated rings. The van der Waals surface area contributed by atoms with Crippen LogP contribution in [0.4, 0.5) is 0 Å². The number of alkyl halides is 1. The molecular formula is C10H12Cl2O3S. The standard InChI is InChI=1S/C10H12Cl2O3S/c1-2-16(14,15)10(12)9(13)7-4-3-5-8(11)6-7/h3-6,9-10,13H,2H2,1H3. The van der Waals surface area contributed by atoms with Gasteiger partial charge in [-0.05, 0) is 17.7 Å². The summed E-state index contributed by atoms with van der Waals surface area (Å²) in [5, 5.41) is 10.2. The van der Waals surface area contributed by atoms with Gasteiger partial charge in [0.05, 0.1) is 0 Å². The predicted octanol–water partition coefficient (Wildman–Crippen LogP) is 2.37. The van der Waals surface area contributed by atoms with Gasteiger partial charge >= 0.3 is 0 Å². The van der Waals surface area contributed by atoms with Gasteiger partial charge in [0, 0.05) is 10.8 Å². The Morgan fingerprint density at radius 1 is 1.44 bits per heavy atom. The van der Waals surface area contributed by atoms with Crippen molar-refractivity contribution in [3.05, 3.63) is 34.9 Å². The van der Waals surface area contributed by atoms with Gasteiger partial charge < -0.3 is 5.11 Å². The van der Waals surface area contributed by atoms with Crippen LogP contribution in [0.15, 0.2) is 24.3 Å². The van der Waals surface area contributed by atoms with Crippen molar-refractivity contribution >= 4 is 33.0 Å². The highest BCUT2D eigenvalue weighted by Gasteiger charge is 2.29. The van der Waals surface area contributed by atoms with Crippen LogP contribution in [-0.4, -0.2) is 24.0 Å². The lowest BCUT2D eigenvalue weighted by Gasteiger charge is -2.17. The van der Waals surface area contributed by atoms with E-state index in [1.165, 1.54) is 13.0 Å². The van der Waals surface area contributed by atoms with Crippen LogP contribution in [0, 0.1) is 0 Å². The summed E-state index contributed by atoms with van der Waals surface area (Å²) in [6.07, 6.45) is -1.27. The van der Waals surface area contributed by atoms with Crippen molar-refractivity contribution in [2.45, 2.75) is 17.7 Å². The fraction of sp³-hybridized carbons (Fsp3) is 0.400. The molecule has 0 heterocycles. The van der Waals surface area contributed by atoms with Crippen LogP contribution in [0.3, 0.4) is 0 Å². The SMILES string of the molecule is CCS(=O)(=O)C(Cl)C(O)c1cccc(Cl)c1. The Balaban J connectivity index is 2.99. The van der Waals surface area contributed by atoms with E-state index >= 15 is 0 Å². The molecule has 0 spiro atoms. The van der Waals surface area contributed by atoms with Gasteiger partial charge in [0.25, 0.3) is 0 Å². The molecule has 16 heavy (non-hydrogen) atoms. The molecule has 90 valence electrons. The van der Waals surface area contributed by atoms with Crippen molar-refractivity contribution in [2.75, 3.05) is 5.75 Å². The van der Waals surface area contributed by atoms with E-state index in [0.29, 0.717) is 10.6 Å². The van der Waals surface area contributed by atoms with Gasteiger partial charge in [-0.15, -0.1) is 11.6 Å². The average Bonchev–Trinajstić information content (AvgIpc) is 2.27. The predicted molar refractivity (Wildman–Crippen MR) is 65.5 cm³/mol. The minimum atomic E-state index is -3.49. The first-order valence-corrected chi connectivity index (χ1v) is 7.20. The third kappa shape index (κ3) is 3.10. The molecule has 1 aromatic rings. The van der Waals surface area contributed by atoms with Crippen molar-refractivity contribution in [3.8, 4) is 0 Å². The number of halogens is 2. The van der Waals surface area contributed by atoms with Crippen molar-refractivity contribution in [1.29, 1.82) is 0 Å². The summed E-state index contributed by atoms with van der Waals surface area (Å²) in [4.78, 5) is 0. The van der Waals surface area contributed by atoms with Gasteiger partial charge in [0.2, 0.25) is 0 Å². The Morgan fingerprint density at radius 3 is 2.56 bits per heavy atom. The quantitative estimate of drug-likeness (QED) is 0.863. The Morgan fingerprint density at radius 2 is 2.06 bits per heavy atom. The molecule has 0 saturated carbocycles. The highest BCUT2D eigenvalue weighted by Crippen LogP contribution is 2.27. The van der Waals surface area contributed by atoms with Crippen molar-refractivity contribution in [2.24, 2.45) is 0 Å². The van der Waals surface area contributed by atoms with Gasteiger partial charge in [-0.2, -0.15) is 0 Å². The maximum absolute atomic E-state index is 11.5. The van der Waals surface area contributed by atoms with Gasteiger partial charge in [0.1, 0.15) is 6.10 Å². The molecule has 2 unspecified atom stereocenters. The normalized spacial score (nSPS) is 15.8. The van der Waals surface area contributed by atoms with Gasteiger partial charge in [-0.3, -0.25) is 0 Å². The molecule has 0 saturated heterocycles. The van der Waals surface area contributed by atoms with E-state index in [9.17, 15) is 13.5 Å². The fourth-order valence-corrected chi connectivity index (χ4v) is 2.79.